The fourth-order valence-corrected chi connectivity index (χ4v) is 4.34. The van der Waals surface area contributed by atoms with Crippen LogP contribution in [-0.4, -0.2) is 54.5 Å². The van der Waals surface area contributed by atoms with E-state index in [-0.39, 0.29) is 11.9 Å². The Balaban J connectivity index is 1.68. The molecular formula is C20H26N2O3. The van der Waals surface area contributed by atoms with Crippen LogP contribution in [0, 0.1) is 5.92 Å². The van der Waals surface area contributed by atoms with E-state index < -0.39 is 0 Å². The molecule has 2 fully saturated rings. The highest BCUT2D eigenvalue weighted by Crippen LogP contribution is 2.32. The number of piperazine rings is 1. The minimum atomic E-state index is 0.103. The number of methoxy groups -OCH3 is 1. The molecule has 0 radical (unpaired) electrons. The third kappa shape index (κ3) is 2.80. The average molecular weight is 342 g/mol. The molecule has 0 aliphatic carbocycles. The average Bonchev–Trinajstić information content (AvgIpc) is 3.27. The maximum Gasteiger partial charge on any atom is 0.254 e. The van der Waals surface area contributed by atoms with Crippen molar-refractivity contribution in [3.8, 4) is 5.75 Å². The smallest absolute Gasteiger partial charge is 0.254 e. The summed E-state index contributed by atoms with van der Waals surface area (Å²) < 4.78 is 10.9. The number of hydrogen-bond acceptors (Lipinski definition) is 4. The van der Waals surface area contributed by atoms with Gasteiger partial charge in [-0.2, -0.15) is 0 Å². The molecule has 0 saturated carbocycles. The van der Waals surface area contributed by atoms with Crippen molar-refractivity contribution in [1.29, 1.82) is 0 Å². The van der Waals surface area contributed by atoms with Crippen molar-refractivity contribution in [2.75, 3.05) is 26.7 Å². The lowest BCUT2D eigenvalue weighted by molar-refractivity contribution is 0.0237. The molecule has 2 saturated heterocycles. The summed E-state index contributed by atoms with van der Waals surface area (Å²) in [7, 11) is 1.61. The van der Waals surface area contributed by atoms with E-state index in [1.165, 1.54) is 19.4 Å². The maximum atomic E-state index is 13.4. The van der Waals surface area contributed by atoms with Crippen LogP contribution in [0.25, 0.3) is 11.0 Å². The molecule has 2 aliphatic rings. The van der Waals surface area contributed by atoms with E-state index in [0.717, 1.165) is 18.5 Å². The molecule has 2 aliphatic heterocycles. The number of fused-ring (bicyclic) bond motifs is 2. The van der Waals surface area contributed by atoms with Crippen LogP contribution < -0.4 is 4.74 Å². The first-order chi connectivity index (χ1) is 12.1. The van der Waals surface area contributed by atoms with Crippen molar-refractivity contribution in [2.45, 2.75) is 38.8 Å². The van der Waals surface area contributed by atoms with E-state index in [2.05, 4.69) is 23.6 Å². The quantitative estimate of drug-likeness (QED) is 0.858. The molecule has 25 heavy (non-hydrogen) atoms. The number of nitrogens with zero attached hydrogens (tertiary/aromatic N) is 2. The summed E-state index contributed by atoms with van der Waals surface area (Å²) in [5, 5.41) is 0.906. The van der Waals surface area contributed by atoms with Gasteiger partial charge in [-0.05, 0) is 43.5 Å². The highest BCUT2D eigenvalue weighted by Gasteiger charge is 2.39. The van der Waals surface area contributed by atoms with E-state index in [4.69, 9.17) is 9.15 Å². The Hall–Kier alpha value is -2.01. The summed E-state index contributed by atoms with van der Waals surface area (Å²) in [4.78, 5) is 18.0. The van der Waals surface area contributed by atoms with Gasteiger partial charge in [0.1, 0.15) is 0 Å². The van der Waals surface area contributed by atoms with Gasteiger partial charge in [-0.1, -0.05) is 13.8 Å². The molecule has 0 spiro atoms. The molecule has 4 rings (SSSR count). The Kier molecular flexibility index (Phi) is 4.20. The van der Waals surface area contributed by atoms with Gasteiger partial charge in [0.05, 0.1) is 13.4 Å². The first kappa shape index (κ1) is 16.5. The van der Waals surface area contributed by atoms with Crippen LogP contribution in [0.4, 0.5) is 0 Å². The van der Waals surface area contributed by atoms with E-state index >= 15 is 0 Å². The molecule has 2 aromatic rings. The SMILES string of the molecule is COc1cc(C(=O)N2C[C@@H]3CCCN3C[C@H]2C(C)C)cc2ccoc12. The molecule has 0 unspecified atom stereocenters. The van der Waals surface area contributed by atoms with Crippen molar-refractivity contribution in [2.24, 2.45) is 5.92 Å². The van der Waals surface area contributed by atoms with Gasteiger partial charge in [-0.3, -0.25) is 9.69 Å². The van der Waals surface area contributed by atoms with Gasteiger partial charge in [0.2, 0.25) is 0 Å². The van der Waals surface area contributed by atoms with Gasteiger partial charge in [0.25, 0.3) is 5.91 Å². The van der Waals surface area contributed by atoms with Gasteiger partial charge in [0.15, 0.2) is 11.3 Å². The number of carbonyl (C=O) groups excluding carboxylic acids is 1. The van der Waals surface area contributed by atoms with E-state index in [1.54, 1.807) is 13.4 Å². The van der Waals surface area contributed by atoms with Gasteiger partial charge in [-0.15, -0.1) is 0 Å². The Labute approximate surface area is 148 Å². The van der Waals surface area contributed by atoms with Crippen molar-refractivity contribution < 1.29 is 13.9 Å². The Morgan fingerprint density at radius 2 is 2.16 bits per heavy atom. The van der Waals surface area contributed by atoms with Crippen LogP contribution in [0.5, 0.6) is 5.75 Å². The van der Waals surface area contributed by atoms with Crippen molar-refractivity contribution in [3.63, 3.8) is 0 Å². The van der Waals surface area contributed by atoms with Crippen molar-refractivity contribution in [1.82, 2.24) is 9.80 Å². The number of ether oxygens (including phenoxy) is 1. The molecule has 1 aromatic heterocycles. The van der Waals surface area contributed by atoms with Gasteiger partial charge in [0, 0.05) is 36.1 Å². The molecule has 1 aromatic carbocycles. The van der Waals surface area contributed by atoms with E-state index in [9.17, 15) is 4.79 Å². The third-order valence-corrected chi connectivity index (χ3v) is 5.74. The molecule has 5 heteroatoms. The van der Waals surface area contributed by atoms with E-state index in [1.807, 2.05) is 18.2 Å². The lowest BCUT2D eigenvalue weighted by atomic mass is 9.96. The molecule has 2 atom stereocenters. The Bertz CT molecular complexity index is 782. The van der Waals surface area contributed by atoms with Gasteiger partial charge in [-0.25, -0.2) is 0 Å². The lowest BCUT2D eigenvalue weighted by Gasteiger charge is -2.45. The summed E-state index contributed by atoms with van der Waals surface area (Å²) in [5.41, 5.74) is 1.38. The van der Waals surface area contributed by atoms with Crippen LogP contribution in [0.15, 0.2) is 28.9 Å². The van der Waals surface area contributed by atoms with Crippen LogP contribution in [0.1, 0.15) is 37.0 Å². The predicted octanol–water partition coefficient (Wildman–Crippen LogP) is 3.39. The molecule has 134 valence electrons. The second-order valence-corrected chi connectivity index (χ2v) is 7.58. The number of benzene rings is 1. The maximum absolute atomic E-state index is 13.4. The number of carbonyl (C=O) groups is 1. The second-order valence-electron chi connectivity index (χ2n) is 7.58. The first-order valence-corrected chi connectivity index (χ1v) is 9.18. The summed E-state index contributed by atoms with van der Waals surface area (Å²) in [5.74, 6) is 1.16. The number of rotatable bonds is 3. The van der Waals surface area contributed by atoms with E-state index in [0.29, 0.717) is 28.9 Å². The molecular weight excluding hydrogens is 316 g/mol. The summed E-state index contributed by atoms with van der Waals surface area (Å²) in [6, 6.07) is 6.38. The number of hydrogen-bond donors (Lipinski definition) is 0. The lowest BCUT2D eigenvalue weighted by Crippen LogP contribution is -2.59. The topological polar surface area (TPSA) is 45.9 Å². The highest BCUT2D eigenvalue weighted by molar-refractivity contribution is 5.99. The normalized spacial score (nSPS) is 24.1. The minimum absolute atomic E-state index is 0.103. The molecule has 5 nitrogen and oxygen atoms in total. The van der Waals surface area contributed by atoms with Crippen LogP contribution in [-0.2, 0) is 0 Å². The van der Waals surface area contributed by atoms with Crippen LogP contribution >= 0.6 is 0 Å². The predicted molar refractivity (Wildman–Crippen MR) is 97.0 cm³/mol. The van der Waals surface area contributed by atoms with Gasteiger partial charge >= 0.3 is 0 Å². The Morgan fingerprint density at radius 1 is 1.32 bits per heavy atom. The highest BCUT2D eigenvalue weighted by atomic mass is 16.5. The molecule has 0 bridgehead atoms. The molecule has 1 amide bonds. The second kappa shape index (κ2) is 6.37. The molecule has 3 heterocycles. The van der Waals surface area contributed by atoms with Crippen molar-refractivity contribution in [3.05, 3.63) is 30.0 Å². The largest absolute Gasteiger partial charge is 0.493 e. The standard InChI is InChI=1S/C20H26N2O3/c1-13(2)17-12-21-7-4-5-16(21)11-22(17)20(23)15-9-14-6-8-25-19(14)18(10-15)24-3/h6,8-10,13,16-17H,4-5,7,11-12H2,1-3H3/t16-,17-/m0/s1. The summed E-state index contributed by atoms with van der Waals surface area (Å²) in [6.07, 6.45) is 4.07. The number of furan rings is 1. The fraction of sp³-hybridized carbons (Fsp3) is 0.550. The van der Waals surface area contributed by atoms with Gasteiger partial charge < -0.3 is 14.1 Å². The first-order valence-electron chi connectivity index (χ1n) is 9.18. The zero-order valence-electron chi connectivity index (χ0n) is 15.2. The van der Waals surface area contributed by atoms with Crippen LogP contribution in [0.2, 0.25) is 0 Å². The molecule has 0 N–H and O–H groups in total. The summed E-state index contributed by atoms with van der Waals surface area (Å²) >= 11 is 0. The Morgan fingerprint density at radius 3 is 2.92 bits per heavy atom. The monoisotopic (exact) mass is 342 g/mol. The van der Waals surface area contributed by atoms with Crippen molar-refractivity contribution >= 4 is 16.9 Å². The number of amides is 1. The van der Waals surface area contributed by atoms with Crippen LogP contribution in [0.3, 0.4) is 0 Å². The fourth-order valence-electron chi connectivity index (χ4n) is 4.34. The minimum Gasteiger partial charge on any atom is -0.493 e. The zero-order chi connectivity index (χ0) is 17.6. The summed E-state index contributed by atoms with van der Waals surface area (Å²) in [6.45, 7) is 7.40. The third-order valence-electron chi connectivity index (χ3n) is 5.74. The zero-order valence-corrected chi connectivity index (χ0v) is 15.2.